The lowest BCUT2D eigenvalue weighted by Gasteiger charge is -2.39. The van der Waals surface area contributed by atoms with E-state index in [1.54, 1.807) is 20.2 Å². The average molecular weight is 656 g/mol. The number of nitrogens with one attached hydrogen (secondary N) is 3. The van der Waals surface area contributed by atoms with Crippen molar-refractivity contribution in [3.8, 4) is 0 Å². The fourth-order valence-corrected chi connectivity index (χ4v) is 5.94. The second-order valence-corrected chi connectivity index (χ2v) is 14.3. The number of amides is 3. The number of carboxylic acid groups (broad SMARTS) is 2. The molecule has 0 aliphatic rings. The van der Waals surface area contributed by atoms with E-state index < -0.39 is 59.3 Å². The first-order valence-electron chi connectivity index (χ1n) is 15.9. The molecule has 0 aliphatic heterocycles. The molecule has 1 aromatic carbocycles. The van der Waals surface area contributed by atoms with Crippen molar-refractivity contribution >= 4 is 40.6 Å². The monoisotopic (exact) mass is 655 g/mol. The lowest BCUT2D eigenvalue weighted by atomic mass is 9.76. The highest BCUT2D eigenvalue weighted by Crippen LogP contribution is 2.35. The second-order valence-electron chi connectivity index (χ2n) is 14.3. The number of aryl methyl sites for hydroxylation is 1. The van der Waals surface area contributed by atoms with Gasteiger partial charge in [0.15, 0.2) is 0 Å². The van der Waals surface area contributed by atoms with Crippen LogP contribution >= 0.6 is 0 Å². The van der Waals surface area contributed by atoms with Crippen molar-refractivity contribution < 1.29 is 34.2 Å². The first-order valence-corrected chi connectivity index (χ1v) is 15.9. The smallest absolute Gasteiger partial charge is 0.326 e. The summed E-state index contributed by atoms with van der Waals surface area (Å²) in [5.41, 5.74) is 0.870. The van der Waals surface area contributed by atoms with Crippen LogP contribution in [-0.2, 0) is 36.4 Å². The summed E-state index contributed by atoms with van der Waals surface area (Å²) in [5, 5.41) is 28.0. The van der Waals surface area contributed by atoms with Crippen molar-refractivity contribution in [2.24, 2.45) is 18.4 Å². The molecule has 3 amide bonds. The maximum Gasteiger partial charge on any atom is 0.326 e. The third-order valence-corrected chi connectivity index (χ3v) is 8.77. The van der Waals surface area contributed by atoms with Crippen molar-refractivity contribution in [2.45, 2.75) is 97.8 Å². The van der Waals surface area contributed by atoms with E-state index in [0.717, 1.165) is 16.5 Å². The molecule has 0 bridgehead atoms. The first-order chi connectivity index (χ1) is 21.6. The Hall–Kier alpha value is -4.19. The maximum atomic E-state index is 14.2. The number of benzene rings is 1. The Bertz CT molecular complexity index is 1500. The number of hydrogen-bond donors (Lipinski definition) is 5. The number of nitrogens with zero attached hydrogens (tertiary/aromatic N) is 2. The molecule has 2 rings (SSSR count). The minimum absolute atomic E-state index is 0.152. The third kappa shape index (κ3) is 9.43. The molecule has 2 aromatic rings. The fraction of sp³-hybridized carbons (Fsp3) is 0.571. The number of rotatable bonds is 15. The zero-order valence-corrected chi connectivity index (χ0v) is 29.6. The SMILES string of the molecule is CN[C@H](C(=O)N[C@H](C(=O)N(C)[C@H](/C=C(\C)C(=O)N[C@@H](CCC(=O)O)C(=O)O)C(C)C)C(C)(C)C)C(C)(C)c1cn(C)c2ccccc12. The summed E-state index contributed by atoms with van der Waals surface area (Å²) < 4.78 is 2.03. The molecule has 5 N–H and O–H groups in total. The molecule has 12 heteroatoms. The molecule has 0 fully saturated rings. The van der Waals surface area contributed by atoms with E-state index in [1.807, 2.05) is 90.5 Å². The van der Waals surface area contributed by atoms with Crippen molar-refractivity contribution in [1.82, 2.24) is 25.4 Å². The maximum absolute atomic E-state index is 14.2. The van der Waals surface area contributed by atoms with E-state index in [-0.39, 0.29) is 29.7 Å². The Morgan fingerprint density at radius 3 is 2.09 bits per heavy atom. The average Bonchev–Trinajstić information content (AvgIpc) is 3.32. The van der Waals surface area contributed by atoms with Gasteiger partial charge in [-0.1, -0.05) is 72.7 Å². The molecule has 0 spiro atoms. The minimum atomic E-state index is -1.38. The van der Waals surface area contributed by atoms with Crippen LogP contribution < -0.4 is 16.0 Å². The lowest BCUT2D eigenvalue weighted by Crippen LogP contribution is -2.61. The van der Waals surface area contributed by atoms with Gasteiger partial charge in [0.1, 0.15) is 12.1 Å². The molecular formula is C35H53N5O7. The second kappa shape index (κ2) is 15.6. The highest BCUT2D eigenvalue weighted by molar-refractivity contribution is 5.96. The van der Waals surface area contributed by atoms with Gasteiger partial charge in [-0.3, -0.25) is 19.2 Å². The Labute approximate surface area is 278 Å². The van der Waals surface area contributed by atoms with Gasteiger partial charge in [-0.2, -0.15) is 0 Å². The third-order valence-electron chi connectivity index (χ3n) is 8.77. The van der Waals surface area contributed by atoms with Crippen LogP contribution in [0, 0.1) is 11.3 Å². The molecular weight excluding hydrogens is 602 g/mol. The molecule has 4 atom stereocenters. The van der Waals surface area contributed by atoms with Gasteiger partial charge in [0, 0.05) is 48.6 Å². The first kappa shape index (κ1) is 39.0. The standard InChI is InChI=1S/C35H53N5O7/c1-20(2)26(18-21(3)30(43)37-24(33(46)47)16-17-27(41)42)40(11)32(45)29(34(4,5)6)38-31(44)28(36-9)35(7,8)23-19-39(10)25-15-13-12-14-22(23)25/h12-15,18-20,24,26,28-29,36H,16-17H2,1-11H3,(H,37,43)(H,38,44)(H,41,42)(H,46,47)/b21-18+/t24-,26+,28+,29+/m0/s1. The summed E-state index contributed by atoms with van der Waals surface area (Å²) >= 11 is 0. The van der Waals surface area contributed by atoms with Gasteiger partial charge in [0.2, 0.25) is 17.7 Å². The Morgan fingerprint density at radius 2 is 1.57 bits per heavy atom. The predicted molar refractivity (Wildman–Crippen MR) is 182 cm³/mol. The van der Waals surface area contributed by atoms with Gasteiger partial charge in [0.05, 0.1) is 12.1 Å². The Kier molecular flexibility index (Phi) is 12.9. The molecule has 1 aromatic heterocycles. The minimum Gasteiger partial charge on any atom is -0.481 e. The number of carbonyl (C=O) groups excluding carboxylic acids is 3. The number of hydrogen-bond acceptors (Lipinski definition) is 6. The number of carbonyl (C=O) groups is 5. The van der Waals surface area contributed by atoms with Crippen LogP contribution in [0.5, 0.6) is 0 Å². The van der Waals surface area contributed by atoms with E-state index >= 15 is 0 Å². The predicted octanol–water partition coefficient (Wildman–Crippen LogP) is 3.44. The molecule has 0 saturated carbocycles. The zero-order valence-electron chi connectivity index (χ0n) is 29.6. The van der Waals surface area contributed by atoms with E-state index in [4.69, 9.17) is 5.11 Å². The Morgan fingerprint density at radius 1 is 0.979 bits per heavy atom. The summed E-state index contributed by atoms with van der Waals surface area (Å²) in [5.74, 6) is -4.02. The quantitative estimate of drug-likeness (QED) is 0.182. The molecule has 0 saturated heterocycles. The lowest BCUT2D eigenvalue weighted by molar-refractivity contribution is -0.142. The fourth-order valence-electron chi connectivity index (χ4n) is 5.94. The molecule has 260 valence electrons. The van der Waals surface area contributed by atoms with Crippen LogP contribution in [-0.4, -0.2) is 87.6 Å². The summed E-state index contributed by atoms with van der Waals surface area (Å²) in [6.45, 7) is 14.9. The van der Waals surface area contributed by atoms with E-state index in [2.05, 4.69) is 16.0 Å². The topological polar surface area (TPSA) is 170 Å². The van der Waals surface area contributed by atoms with Crippen LogP contribution in [0.25, 0.3) is 10.9 Å². The van der Waals surface area contributed by atoms with E-state index in [9.17, 15) is 29.1 Å². The summed E-state index contributed by atoms with van der Waals surface area (Å²) in [6, 6.07) is 4.44. The zero-order chi connectivity index (χ0) is 36.0. The molecule has 47 heavy (non-hydrogen) atoms. The molecule has 12 nitrogen and oxygen atoms in total. The summed E-state index contributed by atoms with van der Waals surface area (Å²) in [4.78, 5) is 65.2. The van der Waals surface area contributed by atoms with Crippen molar-refractivity contribution in [3.63, 3.8) is 0 Å². The largest absolute Gasteiger partial charge is 0.481 e. The van der Waals surface area contributed by atoms with Crippen LogP contribution in [0.4, 0.5) is 0 Å². The highest BCUT2D eigenvalue weighted by atomic mass is 16.4. The van der Waals surface area contributed by atoms with Crippen molar-refractivity contribution in [3.05, 3.63) is 47.7 Å². The van der Waals surface area contributed by atoms with Gasteiger partial charge in [-0.15, -0.1) is 0 Å². The van der Waals surface area contributed by atoms with Crippen LogP contribution in [0.1, 0.15) is 73.8 Å². The van der Waals surface area contributed by atoms with E-state index in [0.29, 0.717) is 0 Å². The molecule has 1 heterocycles. The summed E-state index contributed by atoms with van der Waals surface area (Å²) in [7, 11) is 5.30. The molecule has 0 radical (unpaired) electrons. The normalized spacial score (nSPS) is 15.1. The van der Waals surface area contributed by atoms with Crippen molar-refractivity contribution in [1.29, 1.82) is 0 Å². The number of aliphatic carboxylic acids is 2. The highest BCUT2D eigenvalue weighted by Gasteiger charge is 2.42. The number of para-hydroxylation sites is 1. The number of fused-ring (bicyclic) bond motifs is 1. The van der Waals surface area contributed by atoms with Crippen LogP contribution in [0.3, 0.4) is 0 Å². The van der Waals surface area contributed by atoms with Crippen LogP contribution in [0.2, 0.25) is 0 Å². The molecule has 0 aliphatic carbocycles. The van der Waals surface area contributed by atoms with Gasteiger partial charge in [0.25, 0.3) is 0 Å². The molecule has 0 unspecified atom stereocenters. The van der Waals surface area contributed by atoms with Crippen LogP contribution in [0.15, 0.2) is 42.1 Å². The Balaban J connectivity index is 2.37. The van der Waals surface area contributed by atoms with Gasteiger partial charge < -0.3 is 35.6 Å². The van der Waals surface area contributed by atoms with Gasteiger partial charge >= 0.3 is 11.9 Å². The van der Waals surface area contributed by atoms with Crippen molar-refractivity contribution in [2.75, 3.05) is 14.1 Å². The summed E-state index contributed by atoms with van der Waals surface area (Å²) in [6.07, 6.45) is 2.94. The van der Waals surface area contributed by atoms with Gasteiger partial charge in [-0.05, 0) is 43.4 Å². The number of carboxylic acids is 2. The van der Waals surface area contributed by atoms with E-state index in [1.165, 1.54) is 11.8 Å². The number of likely N-dealkylation sites (N-methyl/N-ethyl adjacent to an activating group) is 2. The van der Waals surface area contributed by atoms with Gasteiger partial charge in [-0.25, -0.2) is 4.79 Å². The number of aromatic nitrogens is 1.